The molecule has 4 rings (SSSR count). The summed E-state index contributed by atoms with van der Waals surface area (Å²) in [7, 11) is 1.57. The van der Waals surface area contributed by atoms with Crippen molar-refractivity contribution >= 4 is 17.1 Å². The number of halogens is 1. The SMILES string of the molecule is COc1ccc(C2=C(O)/C(=C/C3=[NH+]C4=C(C=C(F)CC4)C3(C)C)C2=O)cc1. The standard InChI is InChI=1S/C22H20FNO3/c1-22(2)16-10-13(23)6-9-17(16)24-18(22)11-15-20(25)19(21(15)26)12-4-7-14(27-3)8-5-12/h4-5,7-8,10-11,25H,6,9H2,1-3H3/p+1/b15-11-. The normalized spacial score (nSPS) is 22.5. The molecule has 4 nitrogen and oxygen atoms in total. The minimum atomic E-state index is -0.448. The van der Waals surface area contributed by atoms with Crippen molar-refractivity contribution in [3.63, 3.8) is 0 Å². The van der Waals surface area contributed by atoms with Gasteiger partial charge in [0.1, 0.15) is 17.3 Å². The Balaban J connectivity index is 1.66. The van der Waals surface area contributed by atoms with Crippen LogP contribution < -0.4 is 9.73 Å². The van der Waals surface area contributed by atoms with Crippen LogP contribution in [-0.2, 0) is 4.79 Å². The molecule has 1 aromatic rings. The van der Waals surface area contributed by atoms with E-state index in [9.17, 15) is 14.3 Å². The molecule has 138 valence electrons. The fraction of sp³-hybridized carbons (Fsp3) is 0.273. The number of aliphatic hydroxyl groups is 1. The highest BCUT2D eigenvalue weighted by Gasteiger charge is 2.45. The van der Waals surface area contributed by atoms with E-state index in [4.69, 9.17) is 4.74 Å². The summed E-state index contributed by atoms with van der Waals surface area (Å²) in [6.07, 6.45) is 4.27. The van der Waals surface area contributed by atoms with Crippen molar-refractivity contribution in [2.75, 3.05) is 7.11 Å². The molecule has 3 aliphatic rings. The Morgan fingerprint density at radius 1 is 1.22 bits per heavy atom. The van der Waals surface area contributed by atoms with E-state index < -0.39 is 5.41 Å². The highest BCUT2D eigenvalue weighted by molar-refractivity contribution is 6.40. The van der Waals surface area contributed by atoms with Gasteiger partial charge in [0, 0.05) is 24.5 Å². The molecule has 27 heavy (non-hydrogen) atoms. The van der Waals surface area contributed by atoms with Crippen molar-refractivity contribution < 1.29 is 24.0 Å². The van der Waals surface area contributed by atoms with Crippen LogP contribution in [0.3, 0.4) is 0 Å². The van der Waals surface area contributed by atoms with E-state index in [1.807, 2.05) is 13.8 Å². The van der Waals surface area contributed by atoms with Crippen molar-refractivity contribution in [1.82, 2.24) is 0 Å². The van der Waals surface area contributed by atoms with Gasteiger partial charge in [-0.15, -0.1) is 0 Å². The van der Waals surface area contributed by atoms with Gasteiger partial charge in [-0.05, 0) is 37.6 Å². The maximum atomic E-state index is 13.7. The number of ketones is 1. The minimum Gasteiger partial charge on any atom is -0.506 e. The summed E-state index contributed by atoms with van der Waals surface area (Å²) in [4.78, 5) is 16.0. The van der Waals surface area contributed by atoms with Crippen LogP contribution in [0.4, 0.5) is 4.39 Å². The number of methoxy groups -OCH3 is 1. The second-order valence-electron chi connectivity index (χ2n) is 7.49. The van der Waals surface area contributed by atoms with Gasteiger partial charge < -0.3 is 9.84 Å². The van der Waals surface area contributed by atoms with Crippen LogP contribution in [0, 0.1) is 5.41 Å². The van der Waals surface area contributed by atoms with Gasteiger partial charge in [0.2, 0.25) is 5.78 Å². The Bertz CT molecular complexity index is 1000. The number of Topliss-reactive ketones (excluding diaryl/α,β-unsaturated/α-hetero) is 1. The summed E-state index contributed by atoms with van der Waals surface area (Å²) in [5.74, 6) is 0.351. The fourth-order valence-electron chi connectivity index (χ4n) is 3.79. The molecule has 0 saturated heterocycles. The highest BCUT2D eigenvalue weighted by atomic mass is 19.1. The molecule has 1 aromatic carbocycles. The average Bonchev–Trinajstić information content (AvgIpc) is 2.90. The van der Waals surface area contributed by atoms with Gasteiger partial charge in [-0.25, -0.2) is 9.38 Å². The largest absolute Gasteiger partial charge is 0.506 e. The summed E-state index contributed by atoms with van der Waals surface area (Å²) in [5.41, 5.74) is 3.48. The van der Waals surface area contributed by atoms with Gasteiger partial charge in [-0.1, -0.05) is 12.1 Å². The Hall–Kier alpha value is -2.95. The number of rotatable bonds is 3. The van der Waals surface area contributed by atoms with Crippen LogP contribution in [0.2, 0.25) is 0 Å². The number of ether oxygens (including phenoxy) is 1. The molecule has 0 saturated carbocycles. The molecular weight excluding hydrogens is 345 g/mol. The van der Waals surface area contributed by atoms with E-state index in [0.717, 1.165) is 17.0 Å². The molecule has 0 amide bonds. The van der Waals surface area contributed by atoms with E-state index in [2.05, 4.69) is 4.99 Å². The lowest BCUT2D eigenvalue weighted by atomic mass is 9.76. The van der Waals surface area contributed by atoms with Gasteiger partial charge in [0.05, 0.1) is 23.7 Å². The first-order chi connectivity index (χ1) is 12.8. The molecule has 0 unspecified atom stereocenters. The van der Waals surface area contributed by atoms with Crippen LogP contribution in [0.5, 0.6) is 5.75 Å². The molecule has 0 atom stereocenters. The topological polar surface area (TPSA) is 60.5 Å². The summed E-state index contributed by atoms with van der Waals surface area (Å²) in [6, 6.07) is 7.00. The Morgan fingerprint density at radius 3 is 2.56 bits per heavy atom. The van der Waals surface area contributed by atoms with Crippen LogP contribution in [0.15, 0.2) is 64.8 Å². The Labute approximate surface area is 157 Å². The molecule has 1 aliphatic heterocycles. The first-order valence-electron chi connectivity index (χ1n) is 8.91. The number of hydrogen-bond acceptors (Lipinski definition) is 3. The third-order valence-corrected chi connectivity index (χ3v) is 5.50. The maximum absolute atomic E-state index is 13.7. The van der Waals surface area contributed by atoms with Crippen LogP contribution >= 0.6 is 0 Å². The molecular formula is C22H21FNO3+. The van der Waals surface area contributed by atoms with Gasteiger partial charge in [0.25, 0.3) is 0 Å². The molecule has 0 aromatic heterocycles. The number of aliphatic hydroxyl groups excluding tert-OH is 1. The summed E-state index contributed by atoms with van der Waals surface area (Å²) >= 11 is 0. The number of nitrogens with one attached hydrogen (secondary N) is 1. The molecule has 2 N–H and O–H groups in total. The highest BCUT2D eigenvalue weighted by Crippen LogP contribution is 2.40. The lowest BCUT2D eigenvalue weighted by molar-refractivity contribution is -0.397. The summed E-state index contributed by atoms with van der Waals surface area (Å²) in [6.45, 7) is 3.97. The average molecular weight is 366 g/mol. The Kier molecular flexibility index (Phi) is 3.91. The second-order valence-corrected chi connectivity index (χ2v) is 7.49. The summed E-state index contributed by atoms with van der Waals surface area (Å²) < 4.78 is 18.8. The van der Waals surface area contributed by atoms with Crippen LogP contribution in [0.1, 0.15) is 32.3 Å². The third-order valence-electron chi connectivity index (χ3n) is 5.50. The maximum Gasteiger partial charge on any atom is 0.201 e. The van der Waals surface area contributed by atoms with Crippen LogP contribution in [-0.4, -0.2) is 23.7 Å². The van der Waals surface area contributed by atoms with E-state index in [1.54, 1.807) is 43.5 Å². The first-order valence-corrected chi connectivity index (χ1v) is 8.91. The van der Waals surface area contributed by atoms with Gasteiger partial charge in [-0.3, -0.25) is 4.79 Å². The molecule has 2 aliphatic carbocycles. The number of hydrogen-bond donors (Lipinski definition) is 2. The summed E-state index contributed by atoms with van der Waals surface area (Å²) in [5, 5.41) is 10.5. The van der Waals surface area contributed by atoms with Crippen molar-refractivity contribution in [3.05, 3.63) is 70.4 Å². The van der Waals surface area contributed by atoms with Crippen molar-refractivity contribution in [2.24, 2.45) is 5.41 Å². The molecule has 0 bridgehead atoms. The smallest absolute Gasteiger partial charge is 0.201 e. The van der Waals surface area contributed by atoms with E-state index in [1.165, 1.54) is 0 Å². The van der Waals surface area contributed by atoms with E-state index in [0.29, 0.717) is 29.7 Å². The van der Waals surface area contributed by atoms with Gasteiger partial charge in [-0.2, -0.15) is 0 Å². The zero-order chi connectivity index (χ0) is 19.3. The quantitative estimate of drug-likeness (QED) is 0.809. The molecule has 0 radical (unpaired) electrons. The lowest BCUT2D eigenvalue weighted by Crippen LogP contribution is -2.69. The fourth-order valence-corrected chi connectivity index (χ4v) is 3.79. The van der Waals surface area contributed by atoms with Crippen LogP contribution in [0.25, 0.3) is 5.57 Å². The number of carbonyl (C=O) groups excluding carboxylic acids is 1. The molecule has 5 heteroatoms. The predicted octanol–water partition coefficient (Wildman–Crippen LogP) is 2.94. The minimum absolute atomic E-state index is 0.0122. The number of carbonyl (C=O) groups is 1. The van der Waals surface area contributed by atoms with E-state index >= 15 is 0 Å². The van der Waals surface area contributed by atoms with E-state index in [-0.39, 0.29) is 22.9 Å². The van der Waals surface area contributed by atoms with Gasteiger partial charge in [0.15, 0.2) is 11.4 Å². The Morgan fingerprint density at radius 2 is 1.93 bits per heavy atom. The molecule has 0 fully saturated rings. The predicted molar refractivity (Wildman–Crippen MR) is 101 cm³/mol. The lowest BCUT2D eigenvalue weighted by Gasteiger charge is -2.23. The number of benzene rings is 1. The van der Waals surface area contributed by atoms with Gasteiger partial charge >= 0.3 is 0 Å². The van der Waals surface area contributed by atoms with Crippen molar-refractivity contribution in [3.8, 4) is 5.75 Å². The second kappa shape index (κ2) is 6.05. The van der Waals surface area contributed by atoms with Crippen molar-refractivity contribution in [2.45, 2.75) is 26.7 Å². The third kappa shape index (κ3) is 2.65. The molecule has 0 spiro atoms. The monoisotopic (exact) mass is 366 g/mol. The number of allylic oxidation sites excluding steroid dienone is 7. The molecule has 1 heterocycles. The zero-order valence-electron chi connectivity index (χ0n) is 15.5. The van der Waals surface area contributed by atoms with Crippen molar-refractivity contribution in [1.29, 1.82) is 0 Å². The first kappa shape index (κ1) is 17.5. The zero-order valence-corrected chi connectivity index (χ0v) is 15.5.